The SMILES string of the molecule is COc1ccc2c(c1)-c1[nH]nc(N3CCC(N)CC3)c1C2. The highest BCUT2D eigenvalue weighted by Crippen LogP contribution is 2.41. The summed E-state index contributed by atoms with van der Waals surface area (Å²) >= 11 is 0. The van der Waals surface area contributed by atoms with Crippen molar-refractivity contribution < 1.29 is 4.74 Å². The lowest BCUT2D eigenvalue weighted by Crippen LogP contribution is -2.40. The van der Waals surface area contributed by atoms with E-state index in [9.17, 15) is 0 Å². The summed E-state index contributed by atoms with van der Waals surface area (Å²) in [5.41, 5.74) is 11.0. The highest BCUT2D eigenvalue weighted by Gasteiger charge is 2.28. The fourth-order valence-corrected chi connectivity index (χ4v) is 3.38. The molecule has 0 unspecified atom stereocenters. The molecule has 1 aromatic carbocycles. The molecule has 0 atom stereocenters. The van der Waals surface area contributed by atoms with Gasteiger partial charge in [0, 0.05) is 36.7 Å². The lowest BCUT2D eigenvalue weighted by Gasteiger charge is -2.30. The Kier molecular flexibility index (Phi) is 2.89. The van der Waals surface area contributed by atoms with Crippen LogP contribution in [-0.2, 0) is 6.42 Å². The summed E-state index contributed by atoms with van der Waals surface area (Å²) < 4.78 is 5.33. The van der Waals surface area contributed by atoms with Gasteiger partial charge in [-0.05, 0) is 30.5 Å². The van der Waals surface area contributed by atoms with Gasteiger partial charge in [-0.3, -0.25) is 5.10 Å². The Morgan fingerprint density at radius 3 is 2.90 bits per heavy atom. The van der Waals surface area contributed by atoms with Gasteiger partial charge in [-0.1, -0.05) is 6.07 Å². The number of hydrogen-bond donors (Lipinski definition) is 2. The molecule has 1 aromatic heterocycles. The Balaban J connectivity index is 1.68. The van der Waals surface area contributed by atoms with Crippen LogP contribution in [0.15, 0.2) is 18.2 Å². The van der Waals surface area contributed by atoms with Crippen molar-refractivity contribution in [3.05, 3.63) is 29.3 Å². The first-order chi connectivity index (χ1) is 10.3. The maximum Gasteiger partial charge on any atom is 0.154 e. The number of nitrogens with zero attached hydrogens (tertiary/aromatic N) is 2. The Hall–Kier alpha value is -2.01. The van der Waals surface area contributed by atoms with E-state index in [1.165, 1.54) is 16.7 Å². The molecule has 0 radical (unpaired) electrons. The molecule has 0 saturated carbocycles. The Labute approximate surface area is 124 Å². The van der Waals surface area contributed by atoms with E-state index in [1.807, 2.05) is 6.07 Å². The number of fused-ring (bicyclic) bond motifs is 3. The normalized spacial score (nSPS) is 17.7. The van der Waals surface area contributed by atoms with Gasteiger partial charge in [0.2, 0.25) is 0 Å². The number of H-pyrrole nitrogens is 1. The number of hydrogen-bond acceptors (Lipinski definition) is 4. The van der Waals surface area contributed by atoms with Crippen LogP contribution in [0, 0.1) is 0 Å². The van der Waals surface area contributed by atoms with Crippen molar-refractivity contribution in [1.82, 2.24) is 10.2 Å². The molecule has 0 amide bonds. The molecule has 21 heavy (non-hydrogen) atoms. The predicted molar refractivity (Wildman–Crippen MR) is 82.8 cm³/mol. The molecule has 1 fully saturated rings. The fraction of sp³-hybridized carbons (Fsp3) is 0.438. The molecule has 2 aliphatic rings. The van der Waals surface area contributed by atoms with Crippen LogP contribution in [0.2, 0.25) is 0 Å². The fourth-order valence-electron chi connectivity index (χ4n) is 3.38. The van der Waals surface area contributed by atoms with Crippen LogP contribution in [-0.4, -0.2) is 36.4 Å². The Morgan fingerprint density at radius 2 is 2.14 bits per heavy atom. The van der Waals surface area contributed by atoms with Gasteiger partial charge in [-0.25, -0.2) is 0 Å². The molecule has 3 N–H and O–H groups in total. The standard InChI is InChI=1S/C16H20N4O/c1-21-12-3-2-10-8-14-15(13(10)9-12)18-19-16(14)20-6-4-11(17)5-7-20/h2-3,9,11H,4-8,17H2,1H3,(H,18,19). The molecular weight excluding hydrogens is 264 g/mol. The van der Waals surface area contributed by atoms with Crippen LogP contribution in [0.5, 0.6) is 5.75 Å². The van der Waals surface area contributed by atoms with Gasteiger partial charge in [0.15, 0.2) is 5.82 Å². The van der Waals surface area contributed by atoms with Gasteiger partial charge in [0.1, 0.15) is 5.75 Å². The van der Waals surface area contributed by atoms with Crippen molar-refractivity contribution in [3.8, 4) is 17.0 Å². The first kappa shape index (κ1) is 12.7. The van der Waals surface area contributed by atoms with Crippen molar-refractivity contribution >= 4 is 5.82 Å². The smallest absolute Gasteiger partial charge is 0.154 e. The van der Waals surface area contributed by atoms with Crippen molar-refractivity contribution in [2.75, 3.05) is 25.1 Å². The van der Waals surface area contributed by atoms with Crippen LogP contribution in [0.4, 0.5) is 5.82 Å². The van der Waals surface area contributed by atoms with Crippen LogP contribution in [0.25, 0.3) is 11.3 Å². The highest BCUT2D eigenvalue weighted by molar-refractivity contribution is 5.79. The van der Waals surface area contributed by atoms with Gasteiger partial charge in [-0.2, -0.15) is 5.10 Å². The van der Waals surface area contributed by atoms with Gasteiger partial charge >= 0.3 is 0 Å². The lowest BCUT2D eigenvalue weighted by molar-refractivity contribution is 0.415. The maximum atomic E-state index is 6.00. The number of ether oxygens (including phenoxy) is 1. The molecule has 0 spiro atoms. The number of anilines is 1. The number of benzene rings is 1. The van der Waals surface area contributed by atoms with E-state index in [1.54, 1.807) is 7.11 Å². The molecule has 1 aliphatic carbocycles. The minimum absolute atomic E-state index is 0.342. The van der Waals surface area contributed by atoms with E-state index in [0.29, 0.717) is 6.04 Å². The number of nitrogens with one attached hydrogen (secondary N) is 1. The van der Waals surface area contributed by atoms with Crippen LogP contribution in [0.1, 0.15) is 24.0 Å². The van der Waals surface area contributed by atoms with E-state index in [0.717, 1.165) is 49.6 Å². The third-order valence-electron chi connectivity index (χ3n) is 4.64. The van der Waals surface area contributed by atoms with Crippen molar-refractivity contribution in [1.29, 1.82) is 0 Å². The van der Waals surface area contributed by atoms with Crippen LogP contribution < -0.4 is 15.4 Å². The van der Waals surface area contributed by atoms with E-state index in [-0.39, 0.29) is 0 Å². The number of rotatable bonds is 2. The molecular formula is C16H20N4O. The van der Waals surface area contributed by atoms with Crippen LogP contribution >= 0.6 is 0 Å². The van der Waals surface area contributed by atoms with Crippen molar-refractivity contribution in [3.63, 3.8) is 0 Å². The lowest BCUT2D eigenvalue weighted by atomic mass is 10.1. The first-order valence-electron chi connectivity index (χ1n) is 7.51. The molecule has 1 aliphatic heterocycles. The van der Waals surface area contributed by atoms with E-state index in [2.05, 4.69) is 27.2 Å². The summed E-state index contributed by atoms with van der Waals surface area (Å²) in [7, 11) is 1.70. The maximum absolute atomic E-state index is 6.00. The van der Waals surface area contributed by atoms with Gasteiger partial charge in [-0.15, -0.1) is 0 Å². The summed E-state index contributed by atoms with van der Waals surface area (Å²) in [6, 6.07) is 6.61. The molecule has 5 heteroatoms. The van der Waals surface area contributed by atoms with E-state index < -0.39 is 0 Å². The monoisotopic (exact) mass is 284 g/mol. The summed E-state index contributed by atoms with van der Waals surface area (Å²) in [6.45, 7) is 2.00. The average Bonchev–Trinajstić information content (AvgIpc) is 3.06. The number of aromatic nitrogens is 2. The zero-order valence-corrected chi connectivity index (χ0v) is 12.2. The Bertz CT molecular complexity index is 671. The summed E-state index contributed by atoms with van der Waals surface area (Å²) in [5, 5.41) is 7.78. The molecule has 2 heterocycles. The zero-order valence-electron chi connectivity index (χ0n) is 12.2. The predicted octanol–water partition coefficient (Wildman–Crippen LogP) is 1.92. The quantitative estimate of drug-likeness (QED) is 0.754. The number of aromatic amines is 1. The topological polar surface area (TPSA) is 67.2 Å². The largest absolute Gasteiger partial charge is 0.497 e. The number of piperidine rings is 1. The Morgan fingerprint density at radius 1 is 1.33 bits per heavy atom. The second-order valence-electron chi connectivity index (χ2n) is 5.93. The van der Waals surface area contributed by atoms with Gasteiger partial charge < -0.3 is 15.4 Å². The molecule has 0 bridgehead atoms. The third-order valence-corrected chi connectivity index (χ3v) is 4.64. The summed E-state index contributed by atoms with van der Waals surface area (Å²) in [4.78, 5) is 2.36. The second kappa shape index (κ2) is 4.77. The molecule has 5 nitrogen and oxygen atoms in total. The van der Waals surface area contributed by atoms with Gasteiger partial charge in [0.25, 0.3) is 0 Å². The minimum Gasteiger partial charge on any atom is -0.497 e. The molecule has 2 aromatic rings. The van der Waals surface area contributed by atoms with Crippen LogP contribution in [0.3, 0.4) is 0 Å². The third kappa shape index (κ3) is 2.00. The first-order valence-corrected chi connectivity index (χ1v) is 7.51. The highest BCUT2D eigenvalue weighted by atomic mass is 16.5. The summed E-state index contributed by atoms with van der Waals surface area (Å²) in [6.07, 6.45) is 3.04. The van der Waals surface area contributed by atoms with Crippen molar-refractivity contribution in [2.45, 2.75) is 25.3 Å². The summed E-state index contributed by atoms with van der Waals surface area (Å²) in [5.74, 6) is 1.99. The molecule has 1 saturated heterocycles. The van der Waals surface area contributed by atoms with Crippen molar-refractivity contribution in [2.24, 2.45) is 5.73 Å². The number of methoxy groups -OCH3 is 1. The minimum atomic E-state index is 0.342. The van der Waals surface area contributed by atoms with E-state index >= 15 is 0 Å². The molecule has 110 valence electrons. The second-order valence-corrected chi connectivity index (χ2v) is 5.93. The zero-order chi connectivity index (χ0) is 14.4. The number of nitrogens with two attached hydrogens (primary N) is 1. The van der Waals surface area contributed by atoms with E-state index in [4.69, 9.17) is 10.5 Å². The average molecular weight is 284 g/mol. The molecule has 4 rings (SSSR count). The van der Waals surface area contributed by atoms with Gasteiger partial charge in [0.05, 0.1) is 12.8 Å².